The number of methoxy groups -OCH3 is 2. The number of hydrogen-bond acceptors (Lipinski definition) is 3. The van der Waals surface area contributed by atoms with Gasteiger partial charge in [-0.1, -0.05) is 60.7 Å². The summed E-state index contributed by atoms with van der Waals surface area (Å²) in [7, 11) is 3.33. The van der Waals surface area contributed by atoms with E-state index in [-0.39, 0.29) is 6.04 Å². The Morgan fingerprint density at radius 1 is 0.900 bits per heavy atom. The quantitative estimate of drug-likeness (QED) is 0.498. The van der Waals surface area contributed by atoms with Crippen LogP contribution in [-0.2, 0) is 13.1 Å². The Hall–Kier alpha value is -3.05. The van der Waals surface area contributed by atoms with E-state index in [2.05, 4.69) is 41.4 Å². The first kappa shape index (κ1) is 21.7. The molecular weight excluding hydrogens is 392 g/mol. The molecular formula is C25H28N2O2S. The third kappa shape index (κ3) is 5.74. The molecule has 0 spiro atoms. The Kier molecular flexibility index (Phi) is 7.69. The van der Waals surface area contributed by atoms with Gasteiger partial charge in [0.15, 0.2) is 5.11 Å². The van der Waals surface area contributed by atoms with Gasteiger partial charge in [-0.25, -0.2) is 0 Å². The van der Waals surface area contributed by atoms with Crippen LogP contribution in [0.25, 0.3) is 0 Å². The summed E-state index contributed by atoms with van der Waals surface area (Å²) in [5.74, 6) is 1.55. The fraction of sp³-hybridized carbons (Fsp3) is 0.240. The van der Waals surface area contributed by atoms with Gasteiger partial charge >= 0.3 is 0 Å². The van der Waals surface area contributed by atoms with Crippen molar-refractivity contribution in [3.8, 4) is 11.5 Å². The highest BCUT2D eigenvalue weighted by atomic mass is 32.1. The summed E-state index contributed by atoms with van der Waals surface area (Å²) >= 11 is 5.83. The van der Waals surface area contributed by atoms with E-state index in [0.29, 0.717) is 18.2 Å². The zero-order chi connectivity index (χ0) is 21.3. The molecule has 1 unspecified atom stereocenters. The largest absolute Gasteiger partial charge is 0.497 e. The maximum absolute atomic E-state index is 5.83. The summed E-state index contributed by atoms with van der Waals surface area (Å²) in [4.78, 5) is 2.16. The van der Waals surface area contributed by atoms with Crippen molar-refractivity contribution in [3.05, 3.63) is 95.6 Å². The van der Waals surface area contributed by atoms with Gasteiger partial charge in [0.05, 0.1) is 20.3 Å². The number of nitrogens with zero attached hydrogens (tertiary/aromatic N) is 1. The number of benzene rings is 3. The van der Waals surface area contributed by atoms with Crippen molar-refractivity contribution in [2.75, 3.05) is 14.2 Å². The Morgan fingerprint density at radius 3 is 2.20 bits per heavy atom. The molecule has 3 aromatic rings. The van der Waals surface area contributed by atoms with E-state index in [1.807, 2.05) is 54.6 Å². The Bertz CT molecular complexity index is 948. The number of nitrogens with one attached hydrogen (secondary N) is 1. The predicted octanol–water partition coefficient (Wildman–Crippen LogP) is 5.34. The molecule has 156 valence electrons. The molecule has 0 saturated heterocycles. The molecule has 0 amide bonds. The van der Waals surface area contributed by atoms with Crippen LogP contribution in [0.5, 0.6) is 11.5 Å². The zero-order valence-corrected chi connectivity index (χ0v) is 18.5. The topological polar surface area (TPSA) is 33.7 Å². The average Bonchev–Trinajstić information content (AvgIpc) is 2.80. The van der Waals surface area contributed by atoms with Crippen molar-refractivity contribution in [2.45, 2.75) is 26.1 Å². The van der Waals surface area contributed by atoms with E-state index < -0.39 is 0 Å². The van der Waals surface area contributed by atoms with E-state index in [4.69, 9.17) is 21.7 Å². The molecule has 0 fully saturated rings. The Labute approximate surface area is 184 Å². The van der Waals surface area contributed by atoms with Crippen LogP contribution in [0.15, 0.2) is 78.9 Å². The van der Waals surface area contributed by atoms with Gasteiger partial charge in [-0.05, 0) is 42.4 Å². The van der Waals surface area contributed by atoms with Gasteiger partial charge in [0.1, 0.15) is 11.5 Å². The van der Waals surface area contributed by atoms with Gasteiger partial charge in [0.2, 0.25) is 0 Å². The minimum absolute atomic E-state index is 0.106. The second-order valence-corrected chi connectivity index (χ2v) is 7.49. The lowest BCUT2D eigenvalue weighted by molar-refractivity contribution is 0.363. The van der Waals surface area contributed by atoms with Crippen molar-refractivity contribution in [1.82, 2.24) is 10.2 Å². The van der Waals surface area contributed by atoms with E-state index in [0.717, 1.165) is 17.1 Å². The highest BCUT2D eigenvalue weighted by Gasteiger charge is 2.17. The first-order valence-electron chi connectivity index (χ1n) is 9.96. The fourth-order valence-corrected chi connectivity index (χ4v) is 3.60. The SMILES string of the molecule is COc1ccc(CN(Cc2ccccc2)C(=S)NC(C)c2ccccc2)c(OC)c1. The van der Waals surface area contributed by atoms with Crippen LogP contribution in [-0.4, -0.2) is 24.2 Å². The van der Waals surface area contributed by atoms with E-state index in [1.165, 1.54) is 11.1 Å². The van der Waals surface area contributed by atoms with Crippen LogP contribution in [0.1, 0.15) is 29.7 Å². The molecule has 4 nitrogen and oxygen atoms in total. The summed E-state index contributed by atoms with van der Waals surface area (Å²) in [5, 5.41) is 4.19. The molecule has 1 N–H and O–H groups in total. The molecule has 0 aliphatic rings. The summed E-state index contributed by atoms with van der Waals surface area (Å²) in [6.45, 7) is 3.44. The van der Waals surface area contributed by atoms with Gasteiger partial charge in [-0.3, -0.25) is 0 Å². The molecule has 1 atom stereocenters. The highest BCUT2D eigenvalue weighted by molar-refractivity contribution is 7.80. The molecule has 0 aromatic heterocycles. The van der Waals surface area contributed by atoms with Crippen molar-refractivity contribution in [2.24, 2.45) is 0 Å². The second-order valence-electron chi connectivity index (χ2n) is 7.10. The Morgan fingerprint density at radius 2 is 1.57 bits per heavy atom. The van der Waals surface area contributed by atoms with E-state index >= 15 is 0 Å². The molecule has 3 rings (SSSR count). The molecule has 30 heavy (non-hydrogen) atoms. The lowest BCUT2D eigenvalue weighted by Crippen LogP contribution is -2.40. The number of rotatable bonds is 8. The molecule has 5 heteroatoms. The zero-order valence-electron chi connectivity index (χ0n) is 17.7. The van der Waals surface area contributed by atoms with Crippen molar-refractivity contribution in [1.29, 1.82) is 0 Å². The van der Waals surface area contributed by atoms with E-state index in [1.54, 1.807) is 14.2 Å². The van der Waals surface area contributed by atoms with E-state index in [9.17, 15) is 0 Å². The molecule has 3 aromatic carbocycles. The van der Waals surface area contributed by atoms with Crippen LogP contribution in [0.4, 0.5) is 0 Å². The van der Waals surface area contributed by atoms with Gasteiger partial charge in [-0.15, -0.1) is 0 Å². The molecule has 0 aliphatic carbocycles. The lowest BCUT2D eigenvalue weighted by atomic mass is 10.1. The van der Waals surface area contributed by atoms with Crippen LogP contribution >= 0.6 is 12.2 Å². The number of hydrogen-bond donors (Lipinski definition) is 1. The van der Waals surface area contributed by atoms with Crippen molar-refractivity contribution >= 4 is 17.3 Å². The van der Waals surface area contributed by atoms with Crippen LogP contribution < -0.4 is 14.8 Å². The number of thiocarbonyl (C=S) groups is 1. The minimum Gasteiger partial charge on any atom is -0.497 e. The normalized spacial score (nSPS) is 11.4. The molecule has 0 radical (unpaired) electrons. The third-order valence-corrected chi connectivity index (χ3v) is 5.37. The highest BCUT2D eigenvalue weighted by Crippen LogP contribution is 2.26. The van der Waals surface area contributed by atoms with Gasteiger partial charge in [0, 0.05) is 24.7 Å². The monoisotopic (exact) mass is 420 g/mol. The Balaban J connectivity index is 1.82. The molecule has 0 saturated carbocycles. The summed E-state index contributed by atoms with van der Waals surface area (Å²) < 4.78 is 10.9. The van der Waals surface area contributed by atoms with Crippen molar-refractivity contribution in [3.63, 3.8) is 0 Å². The van der Waals surface area contributed by atoms with Crippen molar-refractivity contribution < 1.29 is 9.47 Å². The predicted molar refractivity (Wildman–Crippen MR) is 126 cm³/mol. The van der Waals surface area contributed by atoms with Gasteiger partial charge < -0.3 is 19.7 Å². The van der Waals surface area contributed by atoms with Gasteiger partial charge in [0.25, 0.3) is 0 Å². The fourth-order valence-electron chi connectivity index (χ4n) is 3.29. The standard InChI is InChI=1S/C25H28N2O2S/c1-19(21-12-8-5-9-13-21)26-25(30)27(17-20-10-6-4-7-11-20)18-22-14-15-23(28-2)16-24(22)29-3/h4-16,19H,17-18H2,1-3H3,(H,26,30). The first-order chi connectivity index (χ1) is 14.6. The maximum atomic E-state index is 5.83. The van der Waals surface area contributed by atoms with Gasteiger partial charge in [-0.2, -0.15) is 0 Å². The molecule has 0 bridgehead atoms. The molecule has 0 heterocycles. The maximum Gasteiger partial charge on any atom is 0.170 e. The summed E-state index contributed by atoms with van der Waals surface area (Å²) in [5.41, 5.74) is 3.44. The summed E-state index contributed by atoms with van der Waals surface area (Å²) in [6, 6.07) is 26.6. The van der Waals surface area contributed by atoms with Crippen LogP contribution in [0, 0.1) is 0 Å². The smallest absolute Gasteiger partial charge is 0.170 e. The number of ether oxygens (including phenoxy) is 2. The third-order valence-electron chi connectivity index (χ3n) is 5.00. The lowest BCUT2D eigenvalue weighted by Gasteiger charge is -2.29. The first-order valence-corrected chi connectivity index (χ1v) is 10.4. The minimum atomic E-state index is 0.106. The average molecular weight is 421 g/mol. The van der Waals surface area contributed by atoms with Crippen LogP contribution in [0.3, 0.4) is 0 Å². The summed E-state index contributed by atoms with van der Waals surface area (Å²) in [6.07, 6.45) is 0. The molecule has 0 aliphatic heterocycles. The van der Waals surface area contributed by atoms with Crippen LogP contribution in [0.2, 0.25) is 0 Å². The second kappa shape index (κ2) is 10.6.